The van der Waals surface area contributed by atoms with E-state index in [1.54, 1.807) is 0 Å². The van der Waals surface area contributed by atoms with E-state index in [9.17, 15) is 21.9 Å². The fraction of sp³-hybridized carbons (Fsp3) is 0.250. The normalized spacial score (nSPS) is 12.6. The van der Waals surface area contributed by atoms with Crippen LogP contribution in [0.1, 0.15) is 6.92 Å². The Morgan fingerprint density at radius 3 is 2.06 bits per heavy atom. The van der Waals surface area contributed by atoms with Crippen LogP contribution in [0.4, 0.5) is 0 Å². The third-order valence-corrected chi connectivity index (χ3v) is 4.60. The first-order chi connectivity index (χ1) is 7.20. The molecule has 0 aliphatic heterocycles. The molecule has 0 fully saturated rings. The average Bonchev–Trinajstić information content (AvgIpc) is 2.16. The second-order valence-electron chi connectivity index (χ2n) is 2.98. The van der Waals surface area contributed by atoms with E-state index in [4.69, 9.17) is 4.55 Å². The van der Waals surface area contributed by atoms with Crippen LogP contribution < -0.4 is 0 Å². The van der Waals surface area contributed by atoms with Gasteiger partial charge in [-0.15, -0.1) is 0 Å². The molecular weight excluding hydrogens is 256 g/mol. The van der Waals surface area contributed by atoms with Crippen LogP contribution in [-0.2, 0) is 20.0 Å². The predicted molar refractivity (Wildman–Crippen MR) is 55.6 cm³/mol. The first kappa shape index (κ1) is 12.9. The number of phenolic OH excluding ortho intramolecular Hbond substituents is 1. The Hall–Kier alpha value is -1.12. The first-order valence-corrected chi connectivity index (χ1v) is 7.31. The number of para-hydroxylation sites is 1. The van der Waals surface area contributed by atoms with Crippen LogP contribution in [0, 0.1) is 0 Å². The Labute approximate surface area is 93.2 Å². The van der Waals surface area contributed by atoms with Crippen LogP contribution in [0.3, 0.4) is 0 Å². The van der Waals surface area contributed by atoms with E-state index in [2.05, 4.69) is 0 Å². The van der Waals surface area contributed by atoms with Crippen molar-refractivity contribution in [3.8, 4) is 5.75 Å². The van der Waals surface area contributed by atoms with Gasteiger partial charge in [0.1, 0.15) is 9.79 Å². The monoisotopic (exact) mass is 266 g/mol. The summed E-state index contributed by atoms with van der Waals surface area (Å²) in [6.45, 7) is 1.36. The molecule has 0 radical (unpaired) electrons. The van der Waals surface area contributed by atoms with Crippen LogP contribution in [0.15, 0.2) is 28.0 Å². The third kappa shape index (κ3) is 2.34. The highest BCUT2D eigenvalue weighted by atomic mass is 32.2. The van der Waals surface area contributed by atoms with Gasteiger partial charge in [-0.1, -0.05) is 13.0 Å². The molecule has 1 aromatic rings. The van der Waals surface area contributed by atoms with Crippen molar-refractivity contribution in [1.29, 1.82) is 0 Å². The summed E-state index contributed by atoms with van der Waals surface area (Å²) < 4.78 is 53.3. The van der Waals surface area contributed by atoms with Gasteiger partial charge in [-0.2, -0.15) is 8.42 Å². The van der Waals surface area contributed by atoms with Gasteiger partial charge in [-0.3, -0.25) is 4.55 Å². The molecule has 0 amide bonds. The minimum atomic E-state index is -4.64. The topological polar surface area (TPSA) is 109 Å². The maximum absolute atomic E-state index is 11.5. The van der Waals surface area contributed by atoms with Gasteiger partial charge >= 0.3 is 0 Å². The highest BCUT2D eigenvalue weighted by Crippen LogP contribution is 2.30. The third-order valence-electron chi connectivity index (χ3n) is 1.95. The van der Waals surface area contributed by atoms with E-state index in [0.29, 0.717) is 0 Å². The highest BCUT2D eigenvalue weighted by Gasteiger charge is 2.23. The molecule has 0 saturated heterocycles. The van der Waals surface area contributed by atoms with Crippen molar-refractivity contribution in [2.24, 2.45) is 0 Å². The van der Waals surface area contributed by atoms with Crippen molar-refractivity contribution in [1.82, 2.24) is 0 Å². The van der Waals surface area contributed by atoms with Crippen molar-refractivity contribution in [2.75, 3.05) is 5.75 Å². The van der Waals surface area contributed by atoms with Crippen LogP contribution in [-0.4, -0.2) is 32.2 Å². The molecular formula is C8H10O6S2. The summed E-state index contributed by atoms with van der Waals surface area (Å²) in [5, 5.41) is 9.47. The smallest absolute Gasteiger partial charge is 0.298 e. The zero-order chi connectivity index (χ0) is 12.6. The second kappa shape index (κ2) is 4.04. The summed E-state index contributed by atoms with van der Waals surface area (Å²) in [6.07, 6.45) is 0. The summed E-state index contributed by atoms with van der Waals surface area (Å²) in [7, 11) is -8.38. The van der Waals surface area contributed by atoms with Gasteiger partial charge in [0.05, 0.1) is 5.75 Å². The maximum Gasteiger partial charge on any atom is 0.298 e. The van der Waals surface area contributed by atoms with Crippen molar-refractivity contribution in [3.05, 3.63) is 18.2 Å². The number of hydrogen-bond acceptors (Lipinski definition) is 5. The summed E-state index contributed by atoms with van der Waals surface area (Å²) in [5.74, 6) is -1.23. The van der Waals surface area contributed by atoms with Crippen LogP contribution in [0.2, 0.25) is 0 Å². The lowest BCUT2D eigenvalue weighted by Crippen LogP contribution is -2.07. The SMILES string of the molecule is CCS(=O)(=O)c1cccc(S(=O)(=O)O)c1O. The molecule has 0 heterocycles. The Kier molecular flexibility index (Phi) is 3.27. The van der Waals surface area contributed by atoms with Crippen molar-refractivity contribution >= 4 is 20.0 Å². The van der Waals surface area contributed by atoms with Gasteiger partial charge in [0, 0.05) is 0 Å². The molecule has 8 heteroatoms. The van der Waals surface area contributed by atoms with Gasteiger partial charge in [0.25, 0.3) is 10.1 Å². The lowest BCUT2D eigenvalue weighted by atomic mass is 10.3. The molecule has 0 bridgehead atoms. The molecule has 0 aliphatic rings. The van der Waals surface area contributed by atoms with Crippen molar-refractivity contribution < 1.29 is 26.5 Å². The quantitative estimate of drug-likeness (QED) is 0.768. The maximum atomic E-state index is 11.5. The second-order valence-corrected chi connectivity index (χ2v) is 6.62. The van der Waals surface area contributed by atoms with Crippen LogP contribution in [0.25, 0.3) is 0 Å². The van der Waals surface area contributed by atoms with Gasteiger partial charge in [-0.05, 0) is 12.1 Å². The number of benzene rings is 1. The van der Waals surface area contributed by atoms with E-state index in [-0.39, 0.29) is 5.75 Å². The lowest BCUT2D eigenvalue weighted by Gasteiger charge is -2.07. The Morgan fingerprint density at radius 2 is 1.62 bits per heavy atom. The fourth-order valence-corrected chi connectivity index (χ4v) is 2.79. The number of phenols is 1. The first-order valence-electron chi connectivity index (χ1n) is 4.22. The molecule has 0 aromatic heterocycles. The molecule has 0 aliphatic carbocycles. The molecule has 1 aromatic carbocycles. The average molecular weight is 266 g/mol. The predicted octanol–water partition coefficient (Wildman–Crippen LogP) is 0.433. The van der Waals surface area contributed by atoms with E-state index >= 15 is 0 Å². The molecule has 0 unspecified atom stereocenters. The minimum Gasteiger partial charge on any atom is -0.505 e. The van der Waals surface area contributed by atoms with Gasteiger partial charge < -0.3 is 5.11 Å². The summed E-state index contributed by atoms with van der Waals surface area (Å²) in [4.78, 5) is -1.33. The fourth-order valence-electron chi connectivity index (χ4n) is 1.12. The lowest BCUT2D eigenvalue weighted by molar-refractivity contribution is 0.431. The zero-order valence-corrected chi connectivity index (χ0v) is 9.92. The van der Waals surface area contributed by atoms with E-state index in [1.807, 2.05) is 0 Å². The molecule has 16 heavy (non-hydrogen) atoms. The van der Waals surface area contributed by atoms with Crippen LogP contribution >= 0.6 is 0 Å². The van der Waals surface area contributed by atoms with E-state index in [1.165, 1.54) is 6.92 Å². The molecule has 0 spiro atoms. The number of rotatable bonds is 3. The number of hydrogen-bond donors (Lipinski definition) is 2. The summed E-state index contributed by atoms with van der Waals surface area (Å²) in [5.41, 5.74) is 0. The largest absolute Gasteiger partial charge is 0.505 e. The van der Waals surface area contributed by atoms with Gasteiger partial charge in [-0.25, -0.2) is 8.42 Å². The summed E-state index contributed by atoms with van der Waals surface area (Å²) in [6, 6.07) is 3.12. The van der Waals surface area contributed by atoms with E-state index < -0.39 is 35.5 Å². The molecule has 0 atom stereocenters. The number of aromatic hydroxyl groups is 1. The Balaban J connectivity index is 3.61. The highest BCUT2D eigenvalue weighted by molar-refractivity contribution is 7.91. The standard InChI is InChI=1S/C8H10O6S2/c1-2-15(10,11)6-4-3-5-7(8(6)9)16(12,13)14/h3-5,9H,2H2,1H3,(H,12,13,14). The number of sulfone groups is 1. The molecule has 1 rings (SSSR count). The Morgan fingerprint density at radius 1 is 1.12 bits per heavy atom. The molecule has 6 nitrogen and oxygen atoms in total. The minimum absolute atomic E-state index is 0.282. The van der Waals surface area contributed by atoms with Crippen molar-refractivity contribution in [2.45, 2.75) is 16.7 Å². The molecule has 2 N–H and O–H groups in total. The van der Waals surface area contributed by atoms with Crippen LogP contribution in [0.5, 0.6) is 5.75 Å². The summed E-state index contributed by atoms with van der Waals surface area (Å²) >= 11 is 0. The van der Waals surface area contributed by atoms with Gasteiger partial charge in [0.15, 0.2) is 15.6 Å². The zero-order valence-electron chi connectivity index (χ0n) is 8.28. The van der Waals surface area contributed by atoms with E-state index in [0.717, 1.165) is 18.2 Å². The Bertz CT molecular complexity index is 599. The van der Waals surface area contributed by atoms with Gasteiger partial charge in [0.2, 0.25) is 0 Å². The molecule has 90 valence electrons. The van der Waals surface area contributed by atoms with Crippen molar-refractivity contribution in [3.63, 3.8) is 0 Å². The molecule has 0 saturated carbocycles.